The van der Waals surface area contributed by atoms with Crippen LogP contribution in [0.1, 0.15) is 11.1 Å². The standard InChI is InChI=1S/C15H13Br2FO2/c1-19-15-3-2-10(6-14(15)17)9-20-13-5-11(8-16)4-12(18)7-13/h2-7H,8-9H2,1H3. The van der Waals surface area contributed by atoms with Crippen molar-refractivity contribution >= 4 is 31.9 Å². The van der Waals surface area contributed by atoms with E-state index in [0.717, 1.165) is 21.3 Å². The SMILES string of the molecule is COc1ccc(COc2cc(F)cc(CBr)c2)cc1Br. The summed E-state index contributed by atoms with van der Waals surface area (Å²) in [5.74, 6) is 0.986. The predicted molar refractivity (Wildman–Crippen MR) is 84.1 cm³/mol. The molecule has 0 aliphatic carbocycles. The van der Waals surface area contributed by atoms with E-state index in [1.165, 1.54) is 12.1 Å². The average Bonchev–Trinajstić information content (AvgIpc) is 2.44. The Labute approximate surface area is 134 Å². The van der Waals surface area contributed by atoms with Crippen LogP contribution in [-0.4, -0.2) is 7.11 Å². The van der Waals surface area contributed by atoms with Crippen LogP contribution in [0.25, 0.3) is 0 Å². The first kappa shape index (κ1) is 15.3. The number of benzene rings is 2. The first-order chi connectivity index (χ1) is 9.62. The molecule has 0 amide bonds. The van der Waals surface area contributed by atoms with E-state index in [-0.39, 0.29) is 5.82 Å². The topological polar surface area (TPSA) is 18.5 Å². The zero-order valence-electron chi connectivity index (χ0n) is 10.8. The number of methoxy groups -OCH3 is 1. The van der Waals surface area contributed by atoms with Gasteiger partial charge < -0.3 is 9.47 Å². The summed E-state index contributed by atoms with van der Waals surface area (Å²) < 4.78 is 25.0. The van der Waals surface area contributed by atoms with E-state index in [0.29, 0.717) is 17.7 Å². The van der Waals surface area contributed by atoms with Gasteiger partial charge in [0.15, 0.2) is 0 Å². The zero-order valence-corrected chi connectivity index (χ0v) is 14.0. The molecule has 2 nitrogen and oxygen atoms in total. The van der Waals surface area contributed by atoms with Crippen molar-refractivity contribution in [3.8, 4) is 11.5 Å². The van der Waals surface area contributed by atoms with Gasteiger partial charge in [0, 0.05) is 11.4 Å². The lowest BCUT2D eigenvalue weighted by molar-refractivity contribution is 0.304. The van der Waals surface area contributed by atoms with Crippen molar-refractivity contribution < 1.29 is 13.9 Å². The molecule has 0 fully saturated rings. The Morgan fingerprint density at radius 2 is 1.90 bits per heavy atom. The Bertz CT molecular complexity index is 602. The summed E-state index contributed by atoms with van der Waals surface area (Å²) in [6.07, 6.45) is 0. The molecule has 0 atom stereocenters. The van der Waals surface area contributed by atoms with Gasteiger partial charge in [0.05, 0.1) is 11.6 Å². The fraction of sp³-hybridized carbons (Fsp3) is 0.200. The molecule has 2 rings (SSSR count). The summed E-state index contributed by atoms with van der Waals surface area (Å²) in [5, 5.41) is 0.592. The number of hydrogen-bond acceptors (Lipinski definition) is 2. The molecule has 20 heavy (non-hydrogen) atoms. The Morgan fingerprint density at radius 1 is 1.10 bits per heavy atom. The first-order valence-corrected chi connectivity index (χ1v) is 7.84. The Hall–Kier alpha value is -1.07. The maximum absolute atomic E-state index is 13.4. The third-order valence-electron chi connectivity index (χ3n) is 2.71. The van der Waals surface area contributed by atoms with Crippen molar-refractivity contribution in [1.82, 2.24) is 0 Å². The first-order valence-electron chi connectivity index (χ1n) is 5.93. The summed E-state index contributed by atoms with van der Waals surface area (Å²) >= 11 is 6.73. The number of alkyl halides is 1. The number of hydrogen-bond donors (Lipinski definition) is 0. The molecule has 0 aliphatic heterocycles. The zero-order chi connectivity index (χ0) is 14.5. The maximum atomic E-state index is 13.4. The van der Waals surface area contributed by atoms with Crippen molar-refractivity contribution in [1.29, 1.82) is 0 Å². The summed E-state index contributed by atoms with van der Waals surface area (Å²) in [4.78, 5) is 0. The molecule has 0 spiro atoms. The highest BCUT2D eigenvalue weighted by Crippen LogP contribution is 2.26. The third kappa shape index (κ3) is 3.96. The van der Waals surface area contributed by atoms with Crippen LogP contribution >= 0.6 is 31.9 Å². The van der Waals surface area contributed by atoms with E-state index < -0.39 is 0 Å². The van der Waals surface area contributed by atoms with Gasteiger partial charge in [-0.3, -0.25) is 0 Å². The molecule has 0 bridgehead atoms. The molecule has 5 heteroatoms. The highest BCUT2D eigenvalue weighted by Gasteiger charge is 2.04. The minimum atomic E-state index is -0.298. The number of rotatable bonds is 5. The van der Waals surface area contributed by atoms with Crippen LogP contribution in [0.3, 0.4) is 0 Å². The molecule has 0 aromatic heterocycles. The molecule has 0 radical (unpaired) electrons. The normalized spacial score (nSPS) is 10.4. The minimum absolute atomic E-state index is 0.298. The van der Waals surface area contributed by atoms with Gasteiger partial charge in [0.2, 0.25) is 0 Å². The van der Waals surface area contributed by atoms with E-state index in [2.05, 4.69) is 31.9 Å². The fourth-order valence-corrected chi connectivity index (χ4v) is 2.66. The highest BCUT2D eigenvalue weighted by molar-refractivity contribution is 9.10. The highest BCUT2D eigenvalue weighted by atomic mass is 79.9. The van der Waals surface area contributed by atoms with Gasteiger partial charge in [-0.05, 0) is 51.3 Å². The van der Waals surface area contributed by atoms with E-state index in [1.807, 2.05) is 24.3 Å². The van der Waals surface area contributed by atoms with Gasteiger partial charge in [-0.25, -0.2) is 4.39 Å². The van der Waals surface area contributed by atoms with Crippen LogP contribution in [-0.2, 0) is 11.9 Å². The van der Waals surface area contributed by atoms with Crippen molar-refractivity contribution in [2.75, 3.05) is 7.11 Å². The molecule has 0 aliphatic rings. The molecule has 0 unspecified atom stereocenters. The van der Waals surface area contributed by atoms with Crippen LogP contribution in [0.5, 0.6) is 11.5 Å². The van der Waals surface area contributed by atoms with Crippen LogP contribution in [0.15, 0.2) is 40.9 Å². The van der Waals surface area contributed by atoms with Gasteiger partial charge in [-0.15, -0.1) is 0 Å². The molecular formula is C15H13Br2FO2. The molecular weight excluding hydrogens is 391 g/mol. The van der Waals surface area contributed by atoms with Gasteiger partial charge in [-0.2, -0.15) is 0 Å². The van der Waals surface area contributed by atoms with E-state index in [4.69, 9.17) is 9.47 Å². The third-order valence-corrected chi connectivity index (χ3v) is 3.97. The Balaban J connectivity index is 2.08. The summed E-state index contributed by atoms with van der Waals surface area (Å²) in [6.45, 7) is 0.369. The maximum Gasteiger partial charge on any atom is 0.133 e. The summed E-state index contributed by atoms with van der Waals surface area (Å²) in [6, 6.07) is 10.4. The summed E-state index contributed by atoms with van der Waals surface area (Å²) in [5.41, 5.74) is 1.82. The molecule has 2 aromatic rings. The monoisotopic (exact) mass is 402 g/mol. The van der Waals surface area contributed by atoms with Crippen molar-refractivity contribution in [2.45, 2.75) is 11.9 Å². The number of halogens is 3. The lowest BCUT2D eigenvalue weighted by Crippen LogP contribution is -1.97. The van der Waals surface area contributed by atoms with Crippen molar-refractivity contribution in [3.05, 3.63) is 57.8 Å². The van der Waals surface area contributed by atoms with Crippen LogP contribution < -0.4 is 9.47 Å². The smallest absolute Gasteiger partial charge is 0.133 e. The van der Waals surface area contributed by atoms with Crippen molar-refractivity contribution in [2.24, 2.45) is 0 Å². The van der Waals surface area contributed by atoms with Crippen molar-refractivity contribution in [3.63, 3.8) is 0 Å². The lowest BCUT2D eigenvalue weighted by atomic mass is 10.2. The quantitative estimate of drug-likeness (QED) is 0.648. The van der Waals surface area contributed by atoms with Gasteiger partial charge in [-0.1, -0.05) is 22.0 Å². The molecule has 0 N–H and O–H groups in total. The fourth-order valence-electron chi connectivity index (χ4n) is 1.75. The average molecular weight is 404 g/mol. The molecule has 0 saturated heterocycles. The molecule has 106 valence electrons. The second-order valence-electron chi connectivity index (χ2n) is 4.19. The molecule has 0 heterocycles. The van der Waals surface area contributed by atoms with E-state index >= 15 is 0 Å². The van der Waals surface area contributed by atoms with Crippen LogP contribution in [0, 0.1) is 5.82 Å². The van der Waals surface area contributed by atoms with Crippen LogP contribution in [0.4, 0.5) is 4.39 Å². The molecule has 0 saturated carbocycles. The second kappa shape index (κ2) is 7.09. The Morgan fingerprint density at radius 3 is 2.55 bits per heavy atom. The Kier molecular flexibility index (Phi) is 5.43. The van der Waals surface area contributed by atoms with Crippen LogP contribution in [0.2, 0.25) is 0 Å². The second-order valence-corrected chi connectivity index (χ2v) is 5.60. The largest absolute Gasteiger partial charge is 0.496 e. The number of ether oxygens (including phenoxy) is 2. The van der Waals surface area contributed by atoms with Gasteiger partial charge in [0.1, 0.15) is 23.9 Å². The summed E-state index contributed by atoms with van der Waals surface area (Å²) in [7, 11) is 1.62. The predicted octanol–water partition coefficient (Wildman–Crippen LogP) is 5.07. The lowest BCUT2D eigenvalue weighted by Gasteiger charge is -2.09. The molecule has 2 aromatic carbocycles. The van der Waals surface area contributed by atoms with Gasteiger partial charge in [0.25, 0.3) is 0 Å². The van der Waals surface area contributed by atoms with E-state index in [1.54, 1.807) is 7.11 Å². The van der Waals surface area contributed by atoms with Gasteiger partial charge >= 0.3 is 0 Å². The van der Waals surface area contributed by atoms with E-state index in [9.17, 15) is 4.39 Å². The minimum Gasteiger partial charge on any atom is -0.496 e.